The molecular formula is C19H28FN2O2+. The molecule has 2 rings (SSSR count). The first kappa shape index (κ1) is 18.5. The molecule has 1 aromatic rings. The van der Waals surface area contributed by atoms with E-state index in [1.165, 1.54) is 45.1 Å². The standard InChI is InChI=1S/C19H27FN2O2/c1-15-6-3-4-12-22(15)13-5-11-21-19(23)10-8-16-7-9-18(24-2)17(20)14-16/h7-10,14-15H,3-6,11-13H2,1-2H3,(H,21,23)/p+1/b10-8+/t15-/m1/s1. The first-order chi connectivity index (χ1) is 11.6. The number of piperidine rings is 1. The molecule has 0 aromatic heterocycles. The molecule has 0 radical (unpaired) electrons. The molecule has 1 aromatic carbocycles. The van der Waals surface area contributed by atoms with Crippen molar-refractivity contribution in [2.45, 2.75) is 38.6 Å². The van der Waals surface area contributed by atoms with Crippen molar-refractivity contribution in [2.75, 3.05) is 26.7 Å². The Hall–Kier alpha value is -1.88. The maximum absolute atomic E-state index is 13.6. The molecule has 0 saturated carbocycles. The van der Waals surface area contributed by atoms with E-state index in [1.807, 2.05) is 0 Å². The summed E-state index contributed by atoms with van der Waals surface area (Å²) in [5, 5.41) is 2.89. The minimum atomic E-state index is -0.432. The minimum Gasteiger partial charge on any atom is -0.494 e. The zero-order valence-electron chi connectivity index (χ0n) is 14.6. The fraction of sp³-hybridized carbons (Fsp3) is 0.526. The van der Waals surface area contributed by atoms with Gasteiger partial charge in [0, 0.05) is 19.0 Å². The minimum absolute atomic E-state index is 0.145. The maximum atomic E-state index is 13.6. The summed E-state index contributed by atoms with van der Waals surface area (Å²) in [6.07, 6.45) is 8.00. The predicted octanol–water partition coefficient (Wildman–Crippen LogP) is 1.81. The Morgan fingerprint density at radius 3 is 3.00 bits per heavy atom. The Kier molecular flexibility index (Phi) is 7.25. The third-order valence-corrected chi connectivity index (χ3v) is 4.66. The summed E-state index contributed by atoms with van der Waals surface area (Å²) >= 11 is 0. The molecule has 1 amide bonds. The Morgan fingerprint density at radius 1 is 1.46 bits per heavy atom. The quantitative estimate of drug-likeness (QED) is 0.589. The van der Waals surface area contributed by atoms with E-state index in [1.54, 1.807) is 23.1 Å². The van der Waals surface area contributed by atoms with Crippen LogP contribution < -0.4 is 15.0 Å². The van der Waals surface area contributed by atoms with E-state index >= 15 is 0 Å². The first-order valence-corrected chi connectivity index (χ1v) is 8.74. The number of amides is 1. The van der Waals surface area contributed by atoms with E-state index in [4.69, 9.17) is 4.74 Å². The van der Waals surface area contributed by atoms with Gasteiger partial charge in [0.2, 0.25) is 5.91 Å². The third kappa shape index (κ3) is 5.64. The Bertz CT molecular complexity index is 574. The predicted molar refractivity (Wildman–Crippen MR) is 93.6 cm³/mol. The fourth-order valence-electron chi connectivity index (χ4n) is 3.17. The van der Waals surface area contributed by atoms with Gasteiger partial charge in [-0.3, -0.25) is 4.79 Å². The van der Waals surface area contributed by atoms with Gasteiger partial charge in [-0.2, -0.15) is 0 Å². The summed E-state index contributed by atoms with van der Waals surface area (Å²) in [6.45, 7) is 5.34. The molecule has 1 aliphatic rings. The number of ether oxygens (including phenoxy) is 1. The number of carbonyl (C=O) groups excluding carboxylic acids is 1. The molecule has 2 atom stereocenters. The molecule has 1 fully saturated rings. The Labute approximate surface area is 143 Å². The second-order valence-corrected chi connectivity index (χ2v) is 6.43. The largest absolute Gasteiger partial charge is 0.494 e. The Morgan fingerprint density at radius 2 is 2.29 bits per heavy atom. The second-order valence-electron chi connectivity index (χ2n) is 6.43. The lowest BCUT2D eigenvalue weighted by Gasteiger charge is -2.30. The summed E-state index contributed by atoms with van der Waals surface area (Å²) < 4.78 is 18.4. The number of hydrogen-bond acceptors (Lipinski definition) is 2. The van der Waals surface area contributed by atoms with Gasteiger partial charge in [0.05, 0.1) is 26.2 Å². The summed E-state index contributed by atoms with van der Waals surface area (Å²) in [5.41, 5.74) is 0.634. The van der Waals surface area contributed by atoms with E-state index in [0.717, 1.165) is 19.0 Å². The van der Waals surface area contributed by atoms with Crippen molar-refractivity contribution in [1.29, 1.82) is 0 Å². The van der Waals surface area contributed by atoms with Crippen molar-refractivity contribution in [3.63, 3.8) is 0 Å². The highest BCUT2D eigenvalue weighted by molar-refractivity contribution is 5.91. The summed E-state index contributed by atoms with van der Waals surface area (Å²) in [7, 11) is 1.42. The van der Waals surface area contributed by atoms with Crippen LogP contribution in [0.15, 0.2) is 24.3 Å². The number of nitrogens with one attached hydrogen (secondary N) is 2. The molecule has 1 heterocycles. The maximum Gasteiger partial charge on any atom is 0.244 e. The van der Waals surface area contributed by atoms with Crippen molar-refractivity contribution in [2.24, 2.45) is 0 Å². The van der Waals surface area contributed by atoms with Crippen LogP contribution in [0.2, 0.25) is 0 Å². The van der Waals surface area contributed by atoms with E-state index in [2.05, 4.69) is 12.2 Å². The normalized spacial score (nSPS) is 21.0. The van der Waals surface area contributed by atoms with Gasteiger partial charge >= 0.3 is 0 Å². The second kappa shape index (κ2) is 9.42. The molecule has 5 heteroatoms. The number of quaternary nitrogens is 1. The number of rotatable bonds is 7. The van der Waals surface area contributed by atoms with E-state index in [-0.39, 0.29) is 11.7 Å². The Balaban J connectivity index is 1.70. The first-order valence-electron chi connectivity index (χ1n) is 8.74. The molecule has 4 nitrogen and oxygen atoms in total. The lowest BCUT2D eigenvalue weighted by molar-refractivity contribution is -0.928. The summed E-state index contributed by atoms with van der Waals surface area (Å²) in [5.74, 6) is -0.377. The van der Waals surface area contributed by atoms with Gasteiger partial charge < -0.3 is 15.0 Å². The van der Waals surface area contributed by atoms with Crippen LogP contribution in [0.5, 0.6) is 5.75 Å². The summed E-state index contributed by atoms with van der Waals surface area (Å²) in [6, 6.07) is 5.35. The van der Waals surface area contributed by atoms with Crippen LogP contribution in [-0.4, -0.2) is 38.7 Å². The van der Waals surface area contributed by atoms with Gasteiger partial charge in [-0.05, 0) is 50.0 Å². The average molecular weight is 335 g/mol. The van der Waals surface area contributed by atoms with Gasteiger partial charge in [-0.15, -0.1) is 0 Å². The lowest BCUT2D eigenvalue weighted by Crippen LogP contribution is -3.16. The van der Waals surface area contributed by atoms with Crippen molar-refractivity contribution in [3.8, 4) is 5.75 Å². The summed E-state index contributed by atoms with van der Waals surface area (Å²) in [4.78, 5) is 13.5. The van der Waals surface area contributed by atoms with Crippen LogP contribution in [-0.2, 0) is 4.79 Å². The van der Waals surface area contributed by atoms with E-state index < -0.39 is 5.82 Å². The topological polar surface area (TPSA) is 42.8 Å². The van der Waals surface area contributed by atoms with Crippen molar-refractivity contribution in [3.05, 3.63) is 35.7 Å². The van der Waals surface area contributed by atoms with E-state index in [9.17, 15) is 9.18 Å². The van der Waals surface area contributed by atoms with Crippen molar-refractivity contribution in [1.82, 2.24) is 5.32 Å². The van der Waals surface area contributed by atoms with Crippen LogP contribution in [0.1, 0.15) is 38.2 Å². The molecule has 1 unspecified atom stereocenters. The van der Waals surface area contributed by atoms with Gasteiger partial charge in [0.15, 0.2) is 11.6 Å². The van der Waals surface area contributed by atoms with Crippen LogP contribution in [0.3, 0.4) is 0 Å². The zero-order chi connectivity index (χ0) is 17.4. The highest BCUT2D eigenvalue weighted by Crippen LogP contribution is 2.18. The monoisotopic (exact) mass is 335 g/mol. The van der Waals surface area contributed by atoms with Crippen LogP contribution >= 0.6 is 0 Å². The molecule has 2 N–H and O–H groups in total. The van der Waals surface area contributed by atoms with Crippen molar-refractivity contribution < 1.29 is 18.8 Å². The van der Waals surface area contributed by atoms with Gasteiger partial charge in [0.25, 0.3) is 0 Å². The molecule has 0 bridgehead atoms. The lowest BCUT2D eigenvalue weighted by atomic mass is 10.0. The third-order valence-electron chi connectivity index (χ3n) is 4.66. The number of methoxy groups -OCH3 is 1. The fourth-order valence-corrected chi connectivity index (χ4v) is 3.17. The van der Waals surface area contributed by atoms with Crippen molar-refractivity contribution >= 4 is 12.0 Å². The van der Waals surface area contributed by atoms with Crippen LogP contribution in [0.4, 0.5) is 4.39 Å². The van der Waals surface area contributed by atoms with Gasteiger partial charge in [-0.25, -0.2) is 4.39 Å². The molecule has 24 heavy (non-hydrogen) atoms. The van der Waals surface area contributed by atoms with Gasteiger partial charge in [0.1, 0.15) is 0 Å². The average Bonchev–Trinajstić information content (AvgIpc) is 2.58. The van der Waals surface area contributed by atoms with Crippen LogP contribution in [0, 0.1) is 5.82 Å². The molecular weight excluding hydrogens is 307 g/mol. The molecule has 1 aliphatic heterocycles. The number of carbonyl (C=O) groups is 1. The highest BCUT2D eigenvalue weighted by Gasteiger charge is 2.20. The molecule has 0 aliphatic carbocycles. The smallest absolute Gasteiger partial charge is 0.244 e. The SMILES string of the molecule is COc1ccc(/C=C/C(=O)NCCC[NH+]2CCCC[C@H]2C)cc1F. The number of hydrogen-bond donors (Lipinski definition) is 2. The zero-order valence-corrected chi connectivity index (χ0v) is 14.6. The number of benzene rings is 1. The molecule has 132 valence electrons. The molecule has 1 saturated heterocycles. The van der Waals surface area contributed by atoms with Crippen LogP contribution in [0.25, 0.3) is 6.08 Å². The van der Waals surface area contributed by atoms with Gasteiger partial charge in [-0.1, -0.05) is 6.07 Å². The highest BCUT2D eigenvalue weighted by atomic mass is 19.1. The number of likely N-dealkylation sites (tertiary alicyclic amines) is 1. The number of halogens is 1. The van der Waals surface area contributed by atoms with E-state index in [0.29, 0.717) is 12.1 Å². The molecule has 0 spiro atoms.